The lowest BCUT2D eigenvalue weighted by atomic mass is 9.86. The Balaban J connectivity index is 1.28. The number of benzene rings is 2. The van der Waals surface area contributed by atoms with Gasteiger partial charge < -0.3 is 24.2 Å². The van der Waals surface area contributed by atoms with Gasteiger partial charge in [-0.1, -0.05) is 17.7 Å². The maximum absolute atomic E-state index is 14.6. The van der Waals surface area contributed by atoms with Gasteiger partial charge in [0.15, 0.2) is 0 Å². The second-order valence-electron chi connectivity index (χ2n) is 12.6. The minimum absolute atomic E-state index is 0.00933. The van der Waals surface area contributed by atoms with Crippen LogP contribution in [-0.4, -0.2) is 83.6 Å². The zero-order chi connectivity index (χ0) is 31.6. The fraction of sp³-hybridized carbons (Fsp3) is 0.545. The maximum atomic E-state index is 14.6. The van der Waals surface area contributed by atoms with E-state index in [-0.39, 0.29) is 59.0 Å². The molecule has 0 spiro atoms. The smallest absolute Gasteiger partial charge is 0.410 e. The average molecular weight is 632 g/mol. The van der Waals surface area contributed by atoms with E-state index < -0.39 is 23.8 Å². The van der Waals surface area contributed by atoms with Gasteiger partial charge in [-0.2, -0.15) is 0 Å². The number of piperidine rings is 1. The molecule has 0 bridgehead atoms. The molecule has 3 fully saturated rings. The van der Waals surface area contributed by atoms with Crippen molar-refractivity contribution in [1.82, 2.24) is 14.7 Å². The molecular weight excluding hydrogens is 592 g/mol. The van der Waals surface area contributed by atoms with E-state index in [4.69, 9.17) is 21.1 Å². The van der Waals surface area contributed by atoms with Crippen molar-refractivity contribution in [3.05, 3.63) is 64.7 Å². The Morgan fingerprint density at radius 1 is 0.977 bits per heavy atom. The van der Waals surface area contributed by atoms with Gasteiger partial charge in [0.1, 0.15) is 17.4 Å². The Hall–Kier alpha value is -3.24. The van der Waals surface area contributed by atoms with Crippen molar-refractivity contribution in [2.24, 2.45) is 11.8 Å². The van der Waals surface area contributed by atoms with Crippen LogP contribution in [0.3, 0.4) is 0 Å². The minimum atomic E-state index is -0.638. The molecule has 5 rings (SSSR count). The highest BCUT2D eigenvalue weighted by Crippen LogP contribution is 2.36. The average Bonchev–Trinajstić information content (AvgIpc) is 3.44. The van der Waals surface area contributed by atoms with Gasteiger partial charge in [0.25, 0.3) is 0 Å². The van der Waals surface area contributed by atoms with Gasteiger partial charge in [0.2, 0.25) is 11.8 Å². The summed E-state index contributed by atoms with van der Waals surface area (Å²) in [5.41, 5.74) is 0.306. The Bertz CT molecular complexity index is 1370. The van der Waals surface area contributed by atoms with E-state index >= 15 is 0 Å². The van der Waals surface area contributed by atoms with Crippen LogP contribution in [0.5, 0.6) is 5.75 Å². The lowest BCUT2D eigenvalue weighted by Gasteiger charge is -2.39. The zero-order valence-electron chi connectivity index (χ0n) is 25.4. The lowest BCUT2D eigenvalue weighted by molar-refractivity contribution is -0.148. The van der Waals surface area contributed by atoms with Gasteiger partial charge >= 0.3 is 6.09 Å². The Morgan fingerprint density at radius 2 is 1.66 bits per heavy atom. The van der Waals surface area contributed by atoms with Crippen LogP contribution in [0, 0.1) is 23.5 Å². The van der Waals surface area contributed by atoms with E-state index in [0.717, 1.165) is 0 Å². The summed E-state index contributed by atoms with van der Waals surface area (Å²) in [6.07, 6.45) is 1.87. The normalized spacial score (nSPS) is 23.8. The highest BCUT2D eigenvalue weighted by Gasteiger charge is 2.44. The molecule has 2 aromatic carbocycles. The van der Waals surface area contributed by atoms with Crippen molar-refractivity contribution >= 4 is 29.5 Å². The number of carbonyl (C=O) groups is 3. The first-order chi connectivity index (χ1) is 21.0. The van der Waals surface area contributed by atoms with Crippen molar-refractivity contribution in [1.29, 1.82) is 0 Å². The van der Waals surface area contributed by atoms with Gasteiger partial charge in [-0.3, -0.25) is 9.59 Å². The summed E-state index contributed by atoms with van der Waals surface area (Å²) in [5.74, 6) is -1.44. The van der Waals surface area contributed by atoms with E-state index in [0.29, 0.717) is 57.5 Å². The highest BCUT2D eigenvalue weighted by molar-refractivity contribution is 6.30. The monoisotopic (exact) mass is 631 g/mol. The molecule has 238 valence electrons. The summed E-state index contributed by atoms with van der Waals surface area (Å²) in [7, 11) is 0. The second kappa shape index (κ2) is 13.4. The molecule has 0 radical (unpaired) electrons. The third-order valence-electron chi connectivity index (χ3n) is 9.17. The molecule has 3 heterocycles. The van der Waals surface area contributed by atoms with Gasteiger partial charge in [0, 0.05) is 57.1 Å². The summed E-state index contributed by atoms with van der Waals surface area (Å²) in [4.78, 5) is 45.6. The number of carbonyl (C=O) groups excluding carboxylic acids is 3. The molecule has 3 amide bonds. The molecule has 0 aliphatic carbocycles. The van der Waals surface area contributed by atoms with Crippen LogP contribution in [0.15, 0.2) is 42.5 Å². The van der Waals surface area contributed by atoms with Crippen LogP contribution >= 0.6 is 11.6 Å². The largest absolute Gasteiger partial charge is 0.415 e. The summed E-state index contributed by atoms with van der Waals surface area (Å²) in [6.45, 7) is 8.24. The van der Waals surface area contributed by atoms with Crippen LogP contribution in [0.1, 0.15) is 57.9 Å². The fourth-order valence-electron chi connectivity index (χ4n) is 6.82. The number of rotatable bonds is 6. The number of ether oxygens (including phenoxy) is 2. The van der Waals surface area contributed by atoms with Gasteiger partial charge in [0.05, 0.1) is 16.7 Å². The number of likely N-dealkylation sites (N-methyl/N-ethyl adjacent to an activating group) is 1. The molecule has 0 saturated carbocycles. The molecule has 3 saturated heterocycles. The fourth-order valence-corrected chi connectivity index (χ4v) is 6.94. The molecule has 8 nitrogen and oxygen atoms in total. The Kier molecular flexibility index (Phi) is 9.80. The van der Waals surface area contributed by atoms with E-state index in [2.05, 4.69) is 0 Å². The quantitative estimate of drug-likeness (QED) is 0.398. The maximum Gasteiger partial charge on any atom is 0.415 e. The van der Waals surface area contributed by atoms with Crippen LogP contribution < -0.4 is 4.74 Å². The molecule has 2 aromatic rings. The predicted molar refractivity (Wildman–Crippen MR) is 161 cm³/mol. The molecule has 3 unspecified atom stereocenters. The molecule has 44 heavy (non-hydrogen) atoms. The van der Waals surface area contributed by atoms with Crippen LogP contribution in [0.4, 0.5) is 13.6 Å². The SMILES string of the molecule is CCN(C(=O)Oc1ccc(F)cc1)C1CN(C(=O)C2CCN(C(=O)C3CCOC(C)(C)C3)CC2)CC1c1ccc(Cl)c(F)c1. The van der Waals surface area contributed by atoms with E-state index in [1.54, 1.807) is 11.0 Å². The molecule has 0 N–H and O–H groups in total. The number of halogens is 3. The van der Waals surface area contributed by atoms with Gasteiger partial charge in [-0.05, 0) is 88.4 Å². The molecule has 3 aliphatic heterocycles. The second-order valence-corrected chi connectivity index (χ2v) is 13.0. The third kappa shape index (κ3) is 7.18. The van der Waals surface area contributed by atoms with Crippen molar-refractivity contribution in [2.45, 2.75) is 64.0 Å². The molecule has 3 atom stereocenters. The van der Waals surface area contributed by atoms with Gasteiger partial charge in [-0.15, -0.1) is 0 Å². The van der Waals surface area contributed by atoms with E-state index in [9.17, 15) is 23.2 Å². The number of likely N-dealkylation sites (tertiary alicyclic amines) is 2. The first kappa shape index (κ1) is 32.2. The van der Waals surface area contributed by atoms with Crippen LogP contribution in [0.2, 0.25) is 5.02 Å². The summed E-state index contributed by atoms with van der Waals surface area (Å²) >= 11 is 5.96. The van der Waals surface area contributed by atoms with Crippen LogP contribution in [-0.2, 0) is 14.3 Å². The summed E-state index contributed by atoms with van der Waals surface area (Å²) in [6, 6.07) is 9.22. The van der Waals surface area contributed by atoms with E-state index in [1.807, 2.05) is 25.7 Å². The third-order valence-corrected chi connectivity index (χ3v) is 9.48. The van der Waals surface area contributed by atoms with Crippen molar-refractivity contribution in [3.8, 4) is 5.75 Å². The Morgan fingerprint density at radius 3 is 2.30 bits per heavy atom. The predicted octanol–water partition coefficient (Wildman–Crippen LogP) is 5.88. The van der Waals surface area contributed by atoms with Crippen LogP contribution in [0.25, 0.3) is 0 Å². The van der Waals surface area contributed by atoms with Crippen molar-refractivity contribution in [3.63, 3.8) is 0 Å². The first-order valence-corrected chi connectivity index (χ1v) is 15.7. The molecule has 0 aromatic heterocycles. The van der Waals surface area contributed by atoms with Crippen molar-refractivity contribution < 1.29 is 32.6 Å². The highest BCUT2D eigenvalue weighted by atomic mass is 35.5. The summed E-state index contributed by atoms with van der Waals surface area (Å²) in [5, 5.41) is -0.00933. The summed E-state index contributed by atoms with van der Waals surface area (Å²) < 4.78 is 39.3. The topological polar surface area (TPSA) is 79.4 Å². The molecule has 11 heteroatoms. The van der Waals surface area contributed by atoms with E-state index in [1.165, 1.54) is 41.3 Å². The number of hydrogen-bond donors (Lipinski definition) is 0. The number of hydrogen-bond acceptors (Lipinski definition) is 5. The molecular formula is C33H40ClF2N3O5. The number of amides is 3. The zero-order valence-corrected chi connectivity index (χ0v) is 26.2. The molecule has 3 aliphatic rings. The van der Waals surface area contributed by atoms with Crippen molar-refractivity contribution in [2.75, 3.05) is 39.3 Å². The number of nitrogens with zero attached hydrogens (tertiary/aromatic N) is 3. The van der Waals surface area contributed by atoms with Gasteiger partial charge in [-0.25, -0.2) is 13.6 Å². The lowest BCUT2D eigenvalue weighted by Crippen LogP contribution is -2.48. The minimum Gasteiger partial charge on any atom is -0.410 e. The standard InChI is InChI=1S/C33H40ClF2N3O5/c1-4-39(32(42)44-25-8-6-24(35)7-9-25)29-20-38(19-26(29)22-5-10-27(34)28(36)17-22)30(40)21-11-14-37(15-12-21)31(41)23-13-16-43-33(2,3)18-23/h5-10,17,21,23,26,29H,4,11-16,18-20H2,1-3H3. The Labute approximate surface area is 262 Å². The first-order valence-electron chi connectivity index (χ1n) is 15.4.